The molecule has 0 unspecified atom stereocenters. The Bertz CT molecular complexity index is 718. The Morgan fingerprint density at radius 2 is 1.68 bits per heavy atom. The van der Waals surface area contributed by atoms with Crippen LogP contribution < -0.4 is 19.7 Å². The van der Waals surface area contributed by atoms with Crippen LogP contribution in [0.4, 0.5) is 10.5 Å². The molecule has 0 aliphatic carbocycles. The van der Waals surface area contributed by atoms with Gasteiger partial charge in [0.15, 0.2) is 11.5 Å². The van der Waals surface area contributed by atoms with Crippen molar-refractivity contribution in [2.75, 3.05) is 31.7 Å². The zero-order chi connectivity index (χ0) is 18.6. The van der Waals surface area contributed by atoms with Crippen LogP contribution in [-0.4, -0.2) is 55.5 Å². The molecule has 0 radical (unpaired) electrons. The van der Waals surface area contributed by atoms with E-state index in [1.165, 1.54) is 19.2 Å². The number of benzene rings is 1. The molecule has 0 aromatic heterocycles. The first-order chi connectivity index (χ1) is 11.9. The lowest BCUT2D eigenvalue weighted by Crippen LogP contribution is -2.40. The molecule has 5 amide bonds. The topological polar surface area (TPSA) is 105 Å². The van der Waals surface area contributed by atoms with Gasteiger partial charge in [-0.15, -0.1) is 0 Å². The van der Waals surface area contributed by atoms with E-state index in [1.807, 2.05) is 6.92 Å². The quantitative estimate of drug-likeness (QED) is 0.568. The predicted octanol–water partition coefficient (Wildman–Crippen LogP) is 0.525. The van der Waals surface area contributed by atoms with Crippen LogP contribution >= 0.6 is 0 Å². The Labute approximate surface area is 144 Å². The Balaban J connectivity index is 2.35. The highest BCUT2D eigenvalue weighted by molar-refractivity contribution is 6.53. The van der Waals surface area contributed by atoms with Crippen LogP contribution in [0.2, 0.25) is 0 Å². The smallest absolute Gasteiger partial charge is 0.339 e. The molecule has 1 aliphatic heterocycles. The zero-order valence-electron chi connectivity index (χ0n) is 14.2. The third-order valence-corrected chi connectivity index (χ3v) is 3.42. The van der Waals surface area contributed by atoms with Gasteiger partial charge in [-0.3, -0.25) is 14.4 Å². The summed E-state index contributed by atoms with van der Waals surface area (Å²) in [6.45, 7) is 3.84. The number of carbonyl (C=O) groups excluding carboxylic acids is 4. The molecule has 0 atom stereocenters. The Morgan fingerprint density at radius 1 is 1.04 bits per heavy atom. The van der Waals surface area contributed by atoms with Gasteiger partial charge in [-0.25, -0.2) is 14.6 Å². The van der Waals surface area contributed by atoms with Gasteiger partial charge in [0.1, 0.15) is 6.54 Å². The van der Waals surface area contributed by atoms with Crippen LogP contribution in [0.3, 0.4) is 0 Å². The van der Waals surface area contributed by atoms with Gasteiger partial charge in [0.25, 0.3) is 0 Å². The number of hydrogen-bond acceptors (Lipinski definition) is 6. The summed E-state index contributed by atoms with van der Waals surface area (Å²) in [6, 6.07) is 3.59. The number of anilines is 1. The van der Waals surface area contributed by atoms with Crippen molar-refractivity contribution in [2.45, 2.75) is 13.8 Å². The minimum Gasteiger partial charge on any atom is -0.490 e. The first-order valence-corrected chi connectivity index (χ1v) is 7.74. The molecule has 0 spiro atoms. The first kappa shape index (κ1) is 18.2. The average Bonchev–Trinajstić information content (AvgIpc) is 2.80. The molecule has 134 valence electrons. The van der Waals surface area contributed by atoms with E-state index in [9.17, 15) is 19.2 Å². The van der Waals surface area contributed by atoms with E-state index in [-0.39, 0.29) is 5.69 Å². The molecule has 1 saturated heterocycles. The standard InChI is InChI=1S/C16H19N3O6/c1-4-24-11-7-6-10(8-12(11)25-5-2)19-15(22)14(21)18(16(19)23)9-13(20)17-3/h6-8H,4-5,9H2,1-3H3,(H,17,20). The minimum absolute atomic E-state index is 0.162. The van der Waals surface area contributed by atoms with Crippen LogP contribution in [0.1, 0.15) is 13.8 Å². The highest BCUT2D eigenvalue weighted by Gasteiger charge is 2.46. The number of rotatable bonds is 7. The van der Waals surface area contributed by atoms with Crippen molar-refractivity contribution in [2.24, 2.45) is 0 Å². The molecule has 25 heavy (non-hydrogen) atoms. The molecule has 1 N–H and O–H groups in total. The first-order valence-electron chi connectivity index (χ1n) is 7.74. The average molecular weight is 349 g/mol. The number of ether oxygens (including phenoxy) is 2. The highest BCUT2D eigenvalue weighted by atomic mass is 16.5. The molecule has 1 aliphatic rings. The van der Waals surface area contributed by atoms with E-state index in [0.29, 0.717) is 34.5 Å². The maximum atomic E-state index is 12.4. The second-order valence-corrected chi connectivity index (χ2v) is 4.98. The third kappa shape index (κ3) is 3.54. The van der Waals surface area contributed by atoms with Crippen molar-refractivity contribution in [1.29, 1.82) is 0 Å². The molecule has 9 heteroatoms. The lowest BCUT2D eigenvalue weighted by molar-refractivity contribution is -0.140. The SMILES string of the molecule is CCOc1ccc(N2C(=O)C(=O)N(CC(=O)NC)C2=O)cc1OCC. The summed E-state index contributed by atoms with van der Waals surface area (Å²) >= 11 is 0. The molecular weight excluding hydrogens is 330 g/mol. The predicted molar refractivity (Wildman–Crippen MR) is 87.4 cm³/mol. The number of imide groups is 2. The van der Waals surface area contributed by atoms with Crippen LogP contribution in [-0.2, 0) is 14.4 Å². The summed E-state index contributed by atoms with van der Waals surface area (Å²) in [6.07, 6.45) is 0. The van der Waals surface area contributed by atoms with Crippen molar-refractivity contribution < 1.29 is 28.7 Å². The van der Waals surface area contributed by atoms with Gasteiger partial charge in [0, 0.05) is 13.1 Å². The van der Waals surface area contributed by atoms with E-state index < -0.39 is 30.3 Å². The molecular formula is C16H19N3O6. The highest BCUT2D eigenvalue weighted by Crippen LogP contribution is 2.33. The summed E-state index contributed by atoms with van der Waals surface area (Å²) in [5.41, 5.74) is 0.162. The Morgan fingerprint density at radius 3 is 2.28 bits per heavy atom. The van der Waals surface area contributed by atoms with Gasteiger partial charge < -0.3 is 14.8 Å². The zero-order valence-corrected chi connectivity index (χ0v) is 14.2. The molecule has 0 saturated carbocycles. The van der Waals surface area contributed by atoms with E-state index in [2.05, 4.69) is 5.32 Å². The van der Waals surface area contributed by atoms with Gasteiger partial charge in [0.05, 0.1) is 18.9 Å². The molecule has 0 bridgehead atoms. The van der Waals surface area contributed by atoms with E-state index in [4.69, 9.17) is 9.47 Å². The number of amides is 5. The molecule has 1 aromatic rings. The Kier molecular flexibility index (Phi) is 5.58. The summed E-state index contributed by atoms with van der Waals surface area (Å²) in [4.78, 5) is 49.4. The number of hydrogen-bond donors (Lipinski definition) is 1. The third-order valence-electron chi connectivity index (χ3n) is 3.42. The van der Waals surface area contributed by atoms with Crippen molar-refractivity contribution >= 4 is 29.4 Å². The largest absolute Gasteiger partial charge is 0.490 e. The van der Waals surface area contributed by atoms with Gasteiger partial charge in [-0.1, -0.05) is 0 Å². The summed E-state index contributed by atoms with van der Waals surface area (Å²) in [7, 11) is 1.37. The molecule has 1 aromatic carbocycles. The number of urea groups is 1. The molecule has 9 nitrogen and oxygen atoms in total. The van der Waals surface area contributed by atoms with E-state index >= 15 is 0 Å². The number of carbonyl (C=O) groups is 4. The van der Waals surface area contributed by atoms with Crippen molar-refractivity contribution in [1.82, 2.24) is 10.2 Å². The number of nitrogens with one attached hydrogen (secondary N) is 1. The molecule has 2 rings (SSSR count). The normalized spacial score (nSPS) is 14.1. The molecule has 1 fully saturated rings. The van der Waals surface area contributed by atoms with Gasteiger partial charge in [-0.05, 0) is 26.0 Å². The fraction of sp³-hybridized carbons (Fsp3) is 0.375. The fourth-order valence-electron chi connectivity index (χ4n) is 2.27. The summed E-state index contributed by atoms with van der Waals surface area (Å²) in [5.74, 6) is -1.83. The number of likely N-dealkylation sites (N-methyl/N-ethyl adjacent to an activating group) is 1. The van der Waals surface area contributed by atoms with Gasteiger partial charge in [-0.2, -0.15) is 0 Å². The fourth-order valence-corrected chi connectivity index (χ4v) is 2.27. The van der Waals surface area contributed by atoms with Crippen molar-refractivity contribution in [3.63, 3.8) is 0 Å². The minimum atomic E-state index is -1.06. The van der Waals surface area contributed by atoms with Crippen LogP contribution in [0, 0.1) is 0 Å². The summed E-state index contributed by atoms with van der Waals surface area (Å²) < 4.78 is 10.9. The van der Waals surface area contributed by atoms with Crippen LogP contribution in [0.25, 0.3) is 0 Å². The lowest BCUT2D eigenvalue weighted by Gasteiger charge is -2.17. The monoisotopic (exact) mass is 349 g/mol. The molecule has 1 heterocycles. The van der Waals surface area contributed by atoms with E-state index in [1.54, 1.807) is 13.0 Å². The maximum absolute atomic E-state index is 12.4. The van der Waals surface area contributed by atoms with Crippen LogP contribution in [0.5, 0.6) is 11.5 Å². The van der Waals surface area contributed by atoms with Crippen molar-refractivity contribution in [3.05, 3.63) is 18.2 Å². The second-order valence-electron chi connectivity index (χ2n) is 4.98. The van der Waals surface area contributed by atoms with E-state index in [0.717, 1.165) is 0 Å². The maximum Gasteiger partial charge on any atom is 0.339 e. The van der Waals surface area contributed by atoms with Crippen molar-refractivity contribution in [3.8, 4) is 11.5 Å². The summed E-state index contributed by atoms with van der Waals surface area (Å²) in [5, 5.41) is 2.30. The van der Waals surface area contributed by atoms with Gasteiger partial charge >= 0.3 is 17.8 Å². The Hall–Kier alpha value is -3.10. The van der Waals surface area contributed by atoms with Gasteiger partial charge in [0.2, 0.25) is 5.91 Å². The van der Waals surface area contributed by atoms with Crippen LogP contribution in [0.15, 0.2) is 18.2 Å². The number of nitrogens with zero attached hydrogens (tertiary/aromatic N) is 2. The second kappa shape index (κ2) is 7.65. The lowest BCUT2D eigenvalue weighted by atomic mass is 10.2.